The Morgan fingerprint density at radius 2 is 2.29 bits per heavy atom. The summed E-state index contributed by atoms with van der Waals surface area (Å²) in [5.74, 6) is 0.694. The number of halogens is 1. The number of amides is 1. The van der Waals surface area contributed by atoms with Crippen molar-refractivity contribution in [3.63, 3.8) is 0 Å². The molecule has 0 aliphatic carbocycles. The number of hydrogen-bond acceptors (Lipinski definition) is 4. The minimum Gasteiger partial charge on any atom is -0.495 e. The maximum Gasteiger partial charge on any atom is 0.238 e. The van der Waals surface area contributed by atoms with Gasteiger partial charge in [-0.1, -0.05) is 6.07 Å². The van der Waals surface area contributed by atoms with Crippen molar-refractivity contribution < 1.29 is 9.53 Å². The topological polar surface area (TPSA) is 53.6 Å². The first kappa shape index (κ1) is 17.8. The fourth-order valence-electron chi connectivity index (χ4n) is 2.41. The van der Waals surface area contributed by atoms with Gasteiger partial charge in [-0.3, -0.25) is 9.69 Å². The zero-order valence-electron chi connectivity index (χ0n) is 12.8. The minimum atomic E-state index is 0. The Hall–Kier alpha value is -1.30. The molecule has 0 bridgehead atoms. The fraction of sp³-hybridized carbons (Fsp3) is 0.533. The SMILES string of the molecule is COc1ccc(C)cc1NC(=O)CN1CCNCC1C.Cl. The lowest BCUT2D eigenvalue weighted by atomic mass is 10.2. The number of methoxy groups -OCH3 is 1. The molecule has 1 fully saturated rings. The molecule has 1 amide bonds. The zero-order chi connectivity index (χ0) is 14.5. The number of anilines is 1. The van der Waals surface area contributed by atoms with Crippen molar-refractivity contribution in [3.05, 3.63) is 23.8 Å². The minimum absolute atomic E-state index is 0. The molecule has 0 radical (unpaired) electrons. The number of carbonyl (C=O) groups is 1. The summed E-state index contributed by atoms with van der Waals surface area (Å²) in [6, 6.07) is 6.15. The number of nitrogens with one attached hydrogen (secondary N) is 2. The second kappa shape index (κ2) is 8.22. The highest BCUT2D eigenvalue weighted by Gasteiger charge is 2.20. The van der Waals surface area contributed by atoms with E-state index in [1.165, 1.54) is 0 Å². The van der Waals surface area contributed by atoms with Gasteiger partial charge in [-0.15, -0.1) is 12.4 Å². The van der Waals surface area contributed by atoms with Crippen molar-refractivity contribution in [2.45, 2.75) is 19.9 Å². The van der Waals surface area contributed by atoms with Crippen molar-refractivity contribution in [2.75, 3.05) is 38.6 Å². The summed E-state index contributed by atoms with van der Waals surface area (Å²) < 4.78 is 5.27. The van der Waals surface area contributed by atoms with E-state index in [0.717, 1.165) is 30.9 Å². The van der Waals surface area contributed by atoms with Gasteiger partial charge in [0.05, 0.1) is 19.3 Å². The predicted octanol–water partition coefficient (Wildman–Crippen LogP) is 1.66. The fourth-order valence-corrected chi connectivity index (χ4v) is 2.41. The average molecular weight is 314 g/mol. The third-order valence-corrected chi connectivity index (χ3v) is 3.61. The second-order valence-electron chi connectivity index (χ2n) is 5.28. The molecule has 1 aromatic rings. The van der Waals surface area contributed by atoms with Gasteiger partial charge in [0.2, 0.25) is 5.91 Å². The zero-order valence-corrected chi connectivity index (χ0v) is 13.6. The van der Waals surface area contributed by atoms with Gasteiger partial charge >= 0.3 is 0 Å². The first-order chi connectivity index (χ1) is 9.60. The van der Waals surface area contributed by atoms with E-state index in [4.69, 9.17) is 4.74 Å². The Kier molecular flexibility index (Phi) is 6.95. The number of aryl methyl sites for hydroxylation is 1. The molecule has 0 aromatic heterocycles. The van der Waals surface area contributed by atoms with Crippen LogP contribution in [0, 0.1) is 6.92 Å². The van der Waals surface area contributed by atoms with E-state index < -0.39 is 0 Å². The van der Waals surface area contributed by atoms with E-state index in [1.807, 2.05) is 25.1 Å². The summed E-state index contributed by atoms with van der Waals surface area (Å²) >= 11 is 0. The van der Waals surface area contributed by atoms with E-state index in [-0.39, 0.29) is 18.3 Å². The first-order valence-electron chi connectivity index (χ1n) is 6.99. The Labute approximate surface area is 132 Å². The number of nitrogens with zero attached hydrogens (tertiary/aromatic N) is 1. The second-order valence-corrected chi connectivity index (χ2v) is 5.28. The molecular formula is C15H24ClN3O2. The summed E-state index contributed by atoms with van der Waals surface area (Å²) in [5, 5.41) is 6.26. The third kappa shape index (κ3) is 4.88. The van der Waals surface area contributed by atoms with E-state index in [9.17, 15) is 4.79 Å². The molecule has 118 valence electrons. The van der Waals surface area contributed by atoms with Crippen LogP contribution in [0.15, 0.2) is 18.2 Å². The lowest BCUT2D eigenvalue weighted by Gasteiger charge is -2.33. The monoisotopic (exact) mass is 313 g/mol. The summed E-state index contributed by atoms with van der Waals surface area (Å²) in [5.41, 5.74) is 1.83. The lowest BCUT2D eigenvalue weighted by Crippen LogP contribution is -2.52. The van der Waals surface area contributed by atoms with Crippen molar-refractivity contribution in [1.29, 1.82) is 0 Å². The number of rotatable bonds is 4. The van der Waals surface area contributed by atoms with Crippen LogP contribution >= 0.6 is 12.4 Å². The van der Waals surface area contributed by atoms with Crippen molar-refractivity contribution in [3.8, 4) is 5.75 Å². The first-order valence-corrected chi connectivity index (χ1v) is 6.99. The molecule has 0 saturated carbocycles. The number of hydrogen-bond donors (Lipinski definition) is 2. The van der Waals surface area contributed by atoms with Crippen molar-refractivity contribution in [2.24, 2.45) is 0 Å². The molecule has 2 rings (SSSR count). The van der Waals surface area contributed by atoms with E-state index in [0.29, 0.717) is 18.3 Å². The van der Waals surface area contributed by atoms with Gasteiger partial charge in [-0.2, -0.15) is 0 Å². The summed E-state index contributed by atoms with van der Waals surface area (Å²) in [4.78, 5) is 14.4. The maximum absolute atomic E-state index is 12.2. The third-order valence-electron chi connectivity index (χ3n) is 3.61. The van der Waals surface area contributed by atoms with E-state index >= 15 is 0 Å². The van der Waals surface area contributed by atoms with Gasteiger partial charge in [0, 0.05) is 25.7 Å². The van der Waals surface area contributed by atoms with Gasteiger partial charge < -0.3 is 15.4 Å². The molecule has 1 saturated heterocycles. The molecule has 1 unspecified atom stereocenters. The van der Waals surface area contributed by atoms with Crippen LogP contribution in [0.4, 0.5) is 5.69 Å². The smallest absolute Gasteiger partial charge is 0.238 e. The highest BCUT2D eigenvalue weighted by molar-refractivity contribution is 5.93. The molecule has 1 heterocycles. The molecule has 5 nitrogen and oxygen atoms in total. The molecule has 6 heteroatoms. The molecule has 21 heavy (non-hydrogen) atoms. The van der Waals surface area contributed by atoms with Crippen LogP contribution in [0.1, 0.15) is 12.5 Å². The molecule has 1 aliphatic heterocycles. The van der Waals surface area contributed by atoms with Gasteiger partial charge in [0.15, 0.2) is 0 Å². The summed E-state index contributed by atoms with van der Waals surface area (Å²) in [6.07, 6.45) is 0. The molecule has 1 atom stereocenters. The predicted molar refractivity (Wildman–Crippen MR) is 87.5 cm³/mol. The summed E-state index contributed by atoms with van der Waals surface area (Å²) in [6.45, 7) is 7.31. The van der Waals surface area contributed by atoms with Crippen LogP contribution in [0.5, 0.6) is 5.75 Å². The van der Waals surface area contributed by atoms with Crippen LogP contribution in [0.25, 0.3) is 0 Å². The van der Waals surface area contributed by atoms with Crippen LogP contribution in [0.2, 0.25) is 0 Å². The molecule has 2 N–H and O–H groups in total. The van der Waals surface area contributed by atoms with Crippen molar-refractivity contribution in [1.82, 2.24) is 10.2 Å². The number of benzene rings is 1. The summed E-state index contributed by atoms with van der Waals surface area (Å²) in [7, 11) is 1.61. The number of ether oxygens (including phenoxy) is 1. The highest BCUT2D eigenvalue weighted by Crippen LogP contribution is 2.25. The van der Waals surface area contributed by atoms with Crippen LogP contribution in [-0.2, 0) is 4.79 Å². The highest BCUT2D eigenvalue weighted by atomic mass is 35.5. The van der Waals surface area contributed by atoms with Gasteiger partial charge in [0.1, 0.15) is 5.75 Å². The molecule has 1 aliphatic rings. The van der Waals surface area contributed by atoms with Crippen LogP contribution in [0.3, 0.4) is 0 Å². The van der Waals surface area contributed by atoms with Gasteiger partial charge in [-0.05, 0) is 31.5 Å². The lowest BCUT2D eigenvalue weighted by molar-refractivity contribution is -0.118. The van der Waals surface area contributed by atoms with Crippen molar-refractivity contribution >= 4 is 24.0 Å². The largest absolute Gasteiger partial charge is 0.495 e. The van der Waals surface area contributed by atoms with E-state index in [1.54, 1.807) is 7.11 Å². The number of piperazine rings is 1. The number of carbonyl (C=O) groups excluding carboxylic acids is 1. The van der Waals surface area contributed by atoms with Crippen LogP contribution in [-0.4, -0.2) is 50.1 Å². The Morgan fingerprint density at radius 1 is 1.52 bits per heavy atom. The normalized spacial score (nSPS) is 18.7. The molecule has 0 spiro atoms. The van der Waals surface area contributed by atoms with Gasteiger partial charge in [0.25, 0.3) is 0 Å². The maximum atomic E-state index is 12.2. The average Bonchev–Trinajstić information content (AvgIpc) is 2.41. The van der Waals surface area contributed by atoms with E-state index in [2.05, 4.69) is 22.5 Å². The molecular weight excluding hydrogens is 290 g/mol. The van der Waals surface area contributed by atoms with Crippen LogP contribution < -0.4 is 15.4 Å². The Morgan fingerprint density at radius 3 is 2.95 bits per heavy atom. The molecule has 1 aromatic carbocycles. The van der Waals surface area contributed by atoms with Gasteiger partial charge in [-0.25, -0.2) is 0 Å². The Balaban J connectivity index is 0.00000220. The standard InChI is InChI=1S/C15H23N3O2.ClH/c1-11-4-5-14(20-3)13(8-11)17-15(19)10-18-7-6-16-9-12(18)2;/h4-5,8,12,16H,6-7,9-10H2,1-3H3,(H,17,19);1H. The quantitative estimate of drug-likeness (QED) is 0.887. The Bertz CT molecular complexity index is 482.